The van der Waals surface area contributed by atoms with E-state index in [9.17, 15) is 4.79 Å². The summed E-state index contributed by atoms with van der Waals surface area (Å²) < 4.78 is 18.5. The molecule has 0 saturated carbocycles. The Hall–Kier alpha value is -1.17. The zero-order valence-corrected chi connectivity index (χ0v) is 18.7. The summed E-state index contributed by atoms with van der Waals surface area (Å²) in [4.78, 5) is 12.4. The van der Waals surface area contributed by atoms with Gasteiger partial charge in [-0.2, -0.15) is 0 Å². The van der Waals surface area contributed by atoms with Crippen LogP contribution in [0, 0.1) is 10.8 Å². The summed E-state index contributed by atoms with van der Waals surface area (Å²) >= 11 is 0. The fraction of sp³-hybridized carbons (Fsp3) is 0.667. The van der Waals surface area contributed by atoms with E-state index in [2.05, 4.69) is 40.4 Å². The van der Waals surface area contributed by atoms with Crippen molar-refractivity contribution in [1.82, 2.24) is 0 Å². The van der Waals surface area contributed by atoms with E-state index in [1.165, 1.54) is 0 Å². The Balaban J connectivity index is 2.43. The molecular formula is C21H34O4Si. The molecule has 26 heavy (non-hydrogen) atoms. The van der Waals surface area contributed by atoms with E-state index in [0.717, 1.165) is 5.56 Å². The number of para-hydroxylation sites is 1. The Morgan fingerprint density at radius 1 is 1.12 bits per heavy atom. The number of ether oxygens (including phenoxy) is 2. The predicted octanol–water partition coefficient (Wildman–Crippen LogP) is 5.35. The van der Waals surface area contributed by atoms with Crippen LogP contribution in [-0.2, 0) is 14.0 Å². The van der Waals surface area contributed by atoms with Crippen LogP contribution in [0.3, 0.4) is 0 Å². The highest BCUT2D eigenvalue weighted by molar-refractivity contribution is 6.69. The van der Waals surface area contributed by atoms with Crippen LogP contribution in [-0.4, -0.2) is 26.5 Å². The van der Waals surface area contributed by atoms with E-state index in [4.69, 9.17) is 13.9 Å². The largest absolute Gasteiger partial charge is 0.426 e. The van der Waals surface area contributed by atoms with Gasteiger partial charge in [-0.05, 0) is 51.9 Å². The first-order chi connectivity index (χ1) is 11.7. The van der Waals surface area contributed by atoms with E-state index in [0.29, 0.717) is 12.4 Å². The van der Waals surface area contributed by atoms with Gasteiger partial charge < -0.3 is 13.9 Å². The van der Waals surface area contributed by atoms with Gasteiger partial charge in [-0.3, -0.25) is 4.79 Å². The van der Waals surface area contributed by atoms with Gasteiger partial charge in [-0.25, -0.2) is 0 Å². The fourth-order valence-electron chi connectivity index (χ4n) is 3.09. The number of esters is 1. The molecule has 2 unspecified atom stereocenters. The zero-order valence-electron chi connectivity index (χ0n) is 17.7. The molecule has 5 heteroatoms. The number of carbonyl (C=O) groups excluding carboxylic acids is 1. The lowest BCUT2D eigenvalue weighted by atomic mass is 9.68. The molecule has 1 saturated heterocycles. The second-order valence-electron chi connectivity index (χ2n) is 10.2. The van der Waals surface area contributed by atoms with Crippen molar-refractivity contribution in [3.63, 3.8) is 0 Å². The average Bonchev–Trinajstić information content (AvgIpc) is 2.42. The second kappa shape index (κ2) is 6.77. The Labute approximate surface area is 159 Å². The highest BCUT2D eigenvalue weighted by Gasteiger charge is 2.59. The molecule has 0 amide bonds. The van der Waals surface area contributed by atoms with Gasteiger partial charge in [-0.1, -0.05) is 39.0 Å². The molecule has 1 heterocycles. The lowest BCUT2D eigenvalue weighted by Crippen LogP contribution is -2.65. The van der Waals surface area contributed by atoms with Crippen LogP contribution in [0.2, 0.25) is 19.6 Å². The van der Waals surface area contributed by atoms with Crippen LogP contribution in [0.15, 0.2) is 24.3 Å². The monoisotopic (exact) mass is 378 g/mol. The smallest absolute Gasteiger partial charge is 0.316 e. The topological polar surface area (TPSA) is 44.8 Å². The predicted molar refractivity (Wildman–Crippen MR) is 107 cm³/mol. The summed E-state index contributed by atoms with van der Waals surface area (Å²) in [7, 11) is -1.81. The van der Waals surface area contributed by atoms with E-state index < -0.39 is 19.3 Å². The molecule has 1 aliphatic heterocycles. The van der Waals surface area contributed by atoms with Gasteiger partial charge in [-0.15, -0.1) is 0 Å². The van der Waals surface area contributed by atoms with E-state index in [-0.39, 0.29) is 17.5 Å². The van der Waals surface area contributed by atoms with Gasteiger partial charge in [0, 0.05) is 5.56 Å². The van der Waals surface area contributed by atoms with Crippen molar-refractivity contribution in [2.75, 3.05) is 6.61 Å². The van der Waals surface area contributed by atoms with Gasteiger partial charge in [0.05, 0.1) is 12.0 Å². The molecule has 0 radical (unpaired) electrons. The van der Waals surface area contributed by atoms with Gasteiger partial charge in [0.1, 0.15) is 17.5 Å². The van der Waals surface area contributed by atoms with Crippen molar-refractivity contribution in [3.05, 3.63) is 29.8 Å². The maximum atomic E-state index is 12.4. The highest BCUT2D eigenvalue weighted by atomic mass is 28.4. The van der Waals surface area contributed by atoms with Crippen LogP contribution in [0.1, 0.15) is 53.2 Å². The Morgan fingerprint density at radius 2 is 1.69 bits per heavy atom. The van der Waals surface area contributed by atoms with Gasteiger partial charge in [0.2, 0.25) is 0 Å². The molecule has 1 aromatic carbocycles. The Bertz CT molecular complexity index is 664. The molecule has 0 aromatic heterocycles. The minimum Gasteiger partial charge on any atom is -0.426 e. The third-order valence-corrected chi connectivity index (χ3v) is 5.64. The zero-order chi connectivity index (χ0) is 20.0. The number of benzene rings is 1. The van der Waals surface area contributed by atoms with Crippen molar-refractivity contribution >= 4 is 14.3 Å². The molecule has 0 N–H and O–H groups in total. The minimum atomic E-state index is -1.81. The van der Waals surface area contributed by atoms with E-state index in [1.54, 1.807) is 0 Å². The number of rotatable bonds is 4. The average molecular weight is 379 g/mol. The van der Waals surface area contributed by atoms with Crippen LogP contribution in [0.5, 0.6) is 5.75 Å². The summed E-state index contributed by atoms with van der Waals surface area (Å²) in [6, 6.07) is 7.64. The van der Waals surface area contributed by atoms with Gasteiger partial charge in [0.15, 0.2) is 8.32 Å². The summed E-state index contributed by atoms with van der Waals surface area (Å²) in [6.07, 6.45) is -0.252. The molecule has 0 aliphatic carbocycles. The van der Waals surface area contributed by atoms with Crippen LogP contribution in [0.25, 0.3) is 0 Å². The van der Waals surface area contributed by atoms with Gasteiger partial charge in [0.25, 0.3) is 0 Å². The van der Waals surface area contributed by atoms with Crippen LogP contribution in [0.4, 0.5) is 0 Å². The van der Waals surface area contributed by atoms with Crippen molar-refractivity contribution < 1.29 is 18.7 Å². The lowest BCUT2D eigenvalue weighted by molar-refractivity contribution is -0.274. The van der Waals surface area contributed by atoms with Crippen LogP contribution < -0.4 is 4.74 Å². The molecule has 2 atom stereocenters. The Kier molecular flexibility index (Phi) is 5.50. The quantitative estimate of drug-likeness (QED) is 0.403. The molecule has 1 aromatic rings. The van der Waals surface area contributed by atoms with Gasteiger partial charge >= 0.3 is 5.97 Å². The normalized spacial score (nSPS) is 24.1. The van der Waals surface area contributed by atoms with Crippen LogP contribution >= 0.6 is 0 Å². The molecule has 2 rings (SSSR count). The van der Waals surface area contributed by atoms with Crippen molar-refractivity contribution in [2.24, 2.45) is 10.8 Å². The molecular weight excluding hydrogens is 344 g/mol. The summed E-state index contributed by atoms with van der Waals surface area (Å²) in [5.41, 5.74) is -0.229. The number of hydrogen-bond acceptors (Lipinski definition) is 4. The first-order valence-corrected chi connectivity index (χ1v) is 12.7. The van der Waals surface area contributed by atoms with Crippen molar-refractivity contribution in [1.29, 1.82) is 0 Å². The summed E-state index contributed by atoms with van der Waals surface area (Å²) in [5, 5.41) is 0. The first kappa shape index (κ1) is 21.1. The van der Waals surface area contributed by atoms with E-state index in [1.807, 2.05) is 45.0 Å². The van der Waals surface area contributed by atoms with Crippen molar-refractivity contribution in [2.45, 2.75) is 72.9 Å². The van der Waals surface area contributed by atoms with Crippen molar-refractivity contribution in [3.8, 4) is 5.75 Å². The third-order valence-electron chi connectivity index (χ3n) is 4.66. The highest BCUT2D eigenvalue weighted by Crippen LogP contribution is 2.55. The summed E-state index contributed by atoms with van der Waals surface area (Å²) in [6.45, 7) is 19.3. The lowest BCUT2D eigenvalue weighted by Gasteiger charge is -2.58. The number of hydrogen-bond donors (Lipinski definition) is 0. The maximum absolute atomic E-state index is 12.4. The first-order valence-electron chi connectivity index (χ1n) is 9.30. The standard InChI is InChI=1S/C21H34O4Si/c1-19(2,3)18(22)24-16-13-11-10-12-15(16)17-21(14-23-17,20(4,5)6)25-26(7,8)9/h10-13,17H,14H2,1-9H3. The molecule has 146 valence electrons. The molecule has 4 nitrogen and oxygen atoms in total. The maximum Gasteiger partial charge on any atom is 0.316 e. The summed E-state index contributed by atoms with van der Waals surface area (Å²) in [5.74, 6) is 0.307. The molecule has 1 aliphatic rings. The third kappa shape index (κ3) is 4.21. The minimum absolute atomic E-state index is 0.114. The molecule has 0 bridgehead atoms. The fourth-order valence-corrected chi connectivity index (χ4v) is 4.66. The molecule has 0 spiro atoms. The Morgan fingerprint density at radius 3 is 2.12 bits per heavy atom. The SMILES string of the molecule is CC(C)(C)C(=O)Oc1ccccc1C1OCC1(O[Si](C)(C)C)C(C)(C)C. The number of carbonyl (C=O) groups is 1. The second-order valence-corrected chi connectivity index (χ2v) is 14.7. The molecule has 1 fully saturated rings. The van der Waals surface area contributed by atoms with E-state index >= 15 is 0 Å².